The summed E-state index contributed by atoms with van der Waals surface area (Å²) in [4.78, 5) is 33.5. The molecule has 1 aliphatic rings. The third-order valence-corrected chi connectivity index (χ3v) is 9.08. The lowest BCUT2D eigenvalue weighted by atomic mass is 9.96. The maximum Gasteiger partial charge on any atom is 0.338 e. The van der Waals surface area contributed by atoms with E-state index in [2.05, 4.69) is 4.99 Å². The number of benzene rings is 3. The summed E-state index contributed by atoms with van der Waals surface area (Å²) in [5.74, 6) is -0.744. The number of thioether (sulfide) groups is 1. The molecule has 9 heteroatoms. The fourth-order valence-corrected chi connectivity index (χ4v) is 6.81. The molecule has 0 spiro atoms. The van der Waals surface area contributed by atoms with Crippen molar-refractivity contribution in [1.82, 2.24) is 9.13 Å². The molecule has 212 valence electrons. The lowest BCUT2D eigenvalue weighted by molar-refractivity contribution is -0.139. The first kappa shape index (κ1) is 27.9. The molecule has 3 aromatic carbocycles. The summed E-state index contributed by atoms with van der Waals surface area (Å²) in [6.07, 6.45) is 5.81. The molecule has 2 aromatic heterocycles. The number of ether oxygens (including phenoxy) is 1. The molecule has 0 saturated heterocycles. The van der Waals surface area contributed by atoms with Gasteiger partial charge in [0.2, 0.25) is 0 Å². The van der Waals surface area contributed by atoms with Crippen LogP contribution in [0.2, 0.25) is 0 Å². The number of hydrogen-bond donors (Lipinski definition) is 0. The molecule has 0 radical (unpaired) electrons. The number of fused-ring (bicyclic) bond motifs is 2. The number of carbonyl (C=O) groups excluding carboxylic acids is 1. The SMILES string of the molecule is CCOC(=O)C1=C(C)N=c2s/c(=C\c3cn(Cc4ccccc4F)c4ccccc34)c(=O)n2[C@H]1c1ccc(SC)cc1. The minimum atomic E-state index is -0.666. The zero-order valence-corrected chi connectivity index (χ0v) is 25.0. The second kappa shape index (κ2) is 11.6. The zero-order chi connectivity index (χ0) is 29.4. The van der Waals surface area contributed by atoms with Gasteiger partial charge in [-0.05, 0) is 56.0 Å². The lowest BCUT2D eigenvalue weighted by Gasteiger charge is -2.24. The molecule has 3 heterocycles. The van der Waals surface area contributed by atoms with Gasteiger partial charge in [-0.1, -0.05) is 59.9 Å². The number of allylic oxidation sites excluding steroid dienone is 1. The topological polar surface area (TPSA) is 65.6 Å². The highest BCUT2D eigenvalue weighted by Crippen LogP contribution is 2.32. The minimum absolute atomic E-state index is 0.217. The third-order valence-electron chi connectivity index (χ3n) is 7.35. The largest absolute Gasteiger partial charge is 0.463 e. The molecule has 0 amide bonds. The molecule has 0 aliphatic carbocycles. The van der Waals surface area contributed by atoms with Crippen molar-refractivity contribution in [1.29, 1.82) is 0 Å². The number of nitrogens with zero attached hydrogens (tertiary/aromatic N) is 3. The van der Waals surface area contributed by atoms with E-state index in [4.69, 9.17) is 4.74 Å². The van der Waals surface area contributed by atoms with Crippen LogP contribution in [0.5, 0.6) is 0 Å². The molecular formula is C33H28FN3O3S2. The molecule has 0 fully saturated rings. The third kappa shape index (κ3) is 5.03. The van der Waals surface area contributed by atoms with Crippen molar-refractivity contribution in [3.05, 3.63) is 132 Å². The predicted octanol–water partition coefficient (Wildman–Crippen LogP) is 5.66. The second-order valence-electron chi connectivity index (χ2n) is 9.90. The summed E-state index contributed by atoms with van der Waals surface area (Å²) < 4.78 is 24.0. The number of esters is 1. The summed E-state index contributed by atoms with van der Waals surface area (Å²) >= 11 is 2.91. The number of hydrogen-bond acceptors (Lipinski definition) is 6. The molecule has 0 N–H and O–H groups in total. The Bertz CT molecular complexity index is 2040. The van der Waals surface area contributed by atoms with Crippen LogP contribution < -0.4 is 14.9 Å². The lowest BCUT2D eigenvalue weighted by Crippen LogP contribution is -2.39. The highest BCUT2D eigenvalue weighted by molar-refractivity contribution is 7.98. The van der Waals surface area contributed by atoms with Gasteiger partial charge in [0, 0.05) is 33.1 Å². The molecule has 42 heavy (non-hydrogen) atoms. The van der Waals surface area contributed by atoms with Crippen LogP contribution in [0.1, 0.15) is 36.6 Å². The standard InChI is InChI=1S/C33H28FN3O3S2/c1-4-40-32(39)29-20(2)35-33-37(30(29)21-13-15-24(41-3)16-14-21)31(38)28(42-33)17-23-19-36(27-12-8-6-10-25(23)27)18-22-9-5-7-11-26(22)34/h5-17,19,30H,4,18H2,1-3H3/b28-17-/t30-/m0/s1. The molecule has 6 rings (SSSR count). The fraction of sp³-hybridized carbons (Fsp3) is 0.182. The van der Waals surface area contributed by atoms with Crippen LogP contribution in [0.3, 0.4) is 0 Å². The van der Waals surface area contributed by atoms with Gasteiger partial charge in [0.1, 0.15) is 5.82 Å². The van der Waals surface area contributed by atoms with Crippen molar-refractivity contribution in [2.75, 3.05) is 12.9 Å². The van der Waals surface area contributed by atoms with Crippen molar-refractivity contribution in [2.45, 2.75) is 31.3 Å². The predicted molar refractivity (Wildman–Crippen MR) is 166 cm³/mol. The van der Waals surface area contributed by atoms with Crippen molar-refractivity contribution in [3.63, 3.8) is 0 Å². The average Bonchev–Trinajstić information content (AvgIpc) is 3.50. The molecule has 6 nitrogen and oxygen atoms in total. The van der Waals surface area contributed by atoms with E-state index >= 15 is 0 Å². The summed E-state index contributed by atoms with van der Waals surface area (Å²) in [6, 6.07) is 21.8. The molecule has 1 atom stereocenters. The Morgan fingerprint density at radius 2 is 1.83 bits per heavy atom. The first-order valence-corrected chi connectivity index (χ1v) is 15.6. The van der Waals surface area contributed by atoms with E-state index in [0.29, 0.717) is 32.7 Å². The van der Waals surface area contributed by atoms with Gasteiger partial charge >= 0.3 is 5.97 Å². The van der Waals surface area contributed by atoms with Crippen LogP contribution >= 0.6 is 23.1 Å². The molecule has 1 aliphatic heterocycles. The number of para-hydroxylation sites is 1. The van der Waals surface area contributed by atoms with Gasteiger partial charge in [0.05, 0.1) is 35.0 Å². The van der Waals surface area contributed by atoms with E-state index in [0.717, 1.165) is 26.9 Å². The van der Waals surface area contributed by atoms with Crippen LogP contribution in [-0.4, -0.2) is 28.0 Å². The Labute approximate surface area is 250 Å². The number of thiazole rings is 1. The smallest absolute Gasteiger partial charge is 0.338 e. The summed E-state index contributed by atoms with van der Waals surface area (Å²) in [7, 11) is 0. The highest BCUT2D eigenvalue weighted by Gasteiger charge is 2.33. The van der Waals surface area contributed by atoms with Crippen LogP contribution in [0.15, 0.2) is 105 Å². The Morgan fingerprint density at radius 3 is 2.57 bits per heavy atom. The van der Waals surface area contributed by atoms with E-state index in [9.17, 15) is 14.0 Å². The summed E-state index contributed by atoms with van der Waals surface area (Å²) in [5, 5.41) is 0.951. The maximum atomic E-state index is 14.5. The van der Waals surface area contributed by atoms with Gasteiger partial charge in [-0.3, -0.25) is 9.36 Å². The number of aromatic nitrogens is 2. The first-order valence-electron chi connectivity index (χ1n) is 13.5. The zero-order valence-electron chi connectivity index (χ0n) is 23.3. The second-order valence-corrected chi connectivity index (χ2v) is 11.8. The Balaban J connectivity index is 1.51. The normalized spacial score (nSPS) is 15.1. The monoisotopic (exact) mass is 597 g/mol. The first-order chi connectivity index (χ1) is 20.4. The van der Waals surface area contributed by atoms with Crippen LogP contribution in [0, 0.1) is 5.82 Å². The van der Waals surface area contributed by atoms with Crippen molar-refractivity contribution in [3.8, 4) is 0 Å². The van der Waals surface area contributed by atoms with Crippen LogP contribution in [0.25, 0.3) is 17.0 Å². The molecule has 5 aromatic rings. The van der Waals surface area contributed by atoms with E-state index in [-0.39, 0.29) is 18.0 Å². The van der Waals surface area contributed by atoms with E-state index in [1.54, 1.807) is 42.3 Å². The van der Waals surface area contributed by atoms with Crippen molar-refractivity contribution >= 4 is 46.0 Å². The Hall–Kier alpha value is -4.21. The number of carbonyl (C=O) groups is 1. The van der Waals surface area contributed by atoms with Crippen molar-refractivity contribution < 1.29 is 13.9 Å². The minimum Gasteiger partial charge on any atom is -0.463 e. The Morgan fingerprint density at radius 1 is 1.10 bits per heavy atom. The van der Waals surface area contributed by atoms with Gasteiger partial charge in [-0.2, -0.15) is 0 Å². The van der Waals surface area contributed by atoms with E-state index in [1.807, 2.05) is 77.7 Å². The molecular weight excluding hydrogens is 570 g/mol. The van der Waals surface area contributed by atoms with Gasteiger partial charge in [0.15, 0.2) is 4.80 Å². The Kier molecular flexibility index (Phi) is 7.70. The summed E-state index contributed by atoms with van der Waals surface area (Å²) in [6.45, 7) is 4.11. The van der Waals surface area contributed by atoms with Crippen molar-refractivity contribution in [2.24, 2.45) is 4.99 Å². The maximum absolute atomic E-state index is 14.5. The van der Waals surface area contributed by atoms with E-state index < -0.39 is 12.0 Å². The van der Waals surface area contributed by atoms with Gasteiger partial charge < -0.3 is 9.30 Å². The van der Waals surface area contributed by atoms with Gasteiger partial charge in [-0.25, -0.2) is 14.2 Å². The number of halogens is 1. The molecule has 0 saturated carbocycles. The van der Waals surface area contributed by atoms with Gasteiger partial charge in [0.25, 0.3) is 5.56 Å². The van der Waals surface area contributed by atoms with Gasteiger partial charge in [-0.15, -0.1) is 11.8 Å². The molecule has 0 unspecified atom stereocenters. The quantitative estimate of drug-likeness (QED) is 0.179. The highest BCUT2D eigenvalue weighted by atomic mass is 32.2. The summed E-state index contributed by atoms with van der Waals surface area (Å²) in [5.41, 5.74) is 3.81. The average molecular weight is 598 g/mol. The molecule has 0 bridgehead atoms. The van der Waals surface area contributed by atoms with E-state index in [1.165, 1.54) is 17.4 Å². The fourth-order valence-electron chi connectivity index (χ4n) is 5.37. The van der Waals surface area contributed by atoms with Crippen LogP contribution in [0.4, 0.5) is 4.39 Å². The number of rotatable bonds is 7. The van der Waals surface area contributed by atoms with Crippen LogP contribution in [-0.2, 0) is 16.1 Å².